The lowest BCUT2D eigenvalue weighted by Crippen LogP contribution is -2.30. The maximum atomic E-state index is 5.56. The summed E-state index contributed by atoms with van der Waals surface area (Å²) in [5, 5.41) is 6.53. The fraction of sp³-hybridized carbons (Fsp3) is 0.381. The summed E-state index contributed by atoms with van der Waals surface area (Å²) in [5.41, 5.74) is 1.87. The normalized spacial score (nSPS) is 11.0. The van der Waals surface area contributed by atoms with Crippen molar-refractivity contribution in [2.45, 2.75) is 20.4 Å². The molecule has 2 N–H and O–H groups in total. The van der Waals surface area contributed by atoms with Crippen LogP contribution in [0.4, 0.5) is 5.69 Å². The Morgan fingerprint density at radius 2 is 1.54 bits per heavy atom. The van der Waals surface area contributed by atoms with E-state index in [-0.39, 0.29) is 0 Å². The van der Waals surface area contributed by atoms with Crippen molar-refractivity contribution in [1.82, 2.24) is 5.32 Å². The van der Waals surface area contributed by atoms with Crippen LogP contribution in [0.1, 0.15) is 19.4 Å². The van der Waals surface area contributed by atoms with Crippen LogP contribution >= 0.6 is 0 Å². The first-order valence-corrected chi connectivity index (χ1v) is 9.22. The van der Waals surface area contributed by atoms with Gasteiger partial charge in [0.05, 0.1) is 34.5 Å². The Hall–Kier alpha value is -3.09. The summed E-state index contributed by atoms with van der Waals surface area (Å²) >= 11 is 0. The molecule has 0 aliphatic heterocycles. The third-order valence-corrected chi connectivity index (χ3v) is 3.94. The first-order valence-electron chi connectivity index (χ1n) is 9.22. The molecule has 0 amide bonds. The van der Waals surface area contributed by atoms with Gasteiger partial charge in [-0.3, -0.25) is 0 Å². The molecule has 0 heterocycles. The molecule has 2 rings (SSSR count). The van der Waals surface area contributed by atoms with E-state index in [1.54, 1.807) is 21.3 Å². The highest BCUT2D eigenvalue weighted by atomic mass is 16.5. The van der Waals surface area contributed by atoms with Gasteiger partial charge in [0.25, 0.3) is 0 Å². The van der Waals surface area contributed by atoms with E-state index in [1.807, 2.05) is 50.2 Å². The molecule has 0 aromatic heterocycles. The van der Waals surface area contributed by atoms with Gasteiger partial charge in [-0.2, -0.15) is 0 Å². The molecule has 0 fully saturated rings. The number of anilines is 1. The Kier molecular flexibility index (Phi) is 8.27. The van der Waals surface area contributed by atoms with E-state index in [0.717, 1.165) is 17.8 Å². The third-order valence-electron chi connectivity index (χ3n) is 3.94. The minimum atomic E-state index is 0.490. The fourth-order valence-corrected chi connectivity index (χ4v) is 2.61. The molecule has 0 radical (unpaired) electrons. The van der Waals surface area contributed by atoms with E-state index in [4.69, 9.17) is 18.9 Å². The molecule has 28 heavy (non-hydrogen) atoms. The van der Waals surface area contributed by atoms with E-state index < -0.39 is 0 Å². The Morgan fingerprint density at radius 1 is 0.857 bits per heavy atom. The van der Waals surface area contributed by atoms with Gasteiger partial charge in [-0.1, -0.05) is 6.07 Å². The van der Waals surface area contributed by atoms with Gasteiger partial charge in [-0.25, -0.2) is 4.99 Å². The van der Waals surface area contributed by atoms with E-state index in [2.05, 4.69) is 15.6 Å². The van der Waals surface area contributed by atoms with Crippen molar-refractivity contribution in [1.29, 1.82) is 0 Å². The molecule has 0 saturated heterocycles. The van der Waals surface area contributed by atoms with Crippen LogP contribution in [0, 0.1) is 0 Å². The van der Waals surface area contributed by atoms with Gasteiger partial charge in [-0.05, 0) is 43.7 Å². The summed E-state index contributed by atoms with van der Waals surface area (Å²) in [6, 6.07) is 11.5. The van der Waals surface area contributed by atoms with Crippen molar-refractivity contribution in [2.24, 2.45) is 4.99 Å². The molecule has 0 spiro atoms. The summed E-state index contributed by atoms with van der Waals surface area (Å²) in [5.74, 6) is 3.43. The van der Waals surface area contributed by atoms with Gasteiger partial charge in [0.2, 0.25) is 0 Å². The molecule has 0 saturated carbocycles. The van der Waals surface area contributed by atoms with Crippen molar-refractivity contribution in [3.8, 4) is 23.0 Å². The number of aliphatic imine (C=N–C) groups is 1. The number of rotatable bonds is 9. The monoisotopic (exact) mass is 387 g/mol. The Bertz CT molecular complexity index is 793. The van der Waals surface area contributed by atoms with Gasteiger partial charge < -0.3 is 29.6 Å². The maximum absolute atomic E-state index is 5.56. The van der Waals surface area contributed by atoms with E-state index in [0.29, 0.717) is 42.1 Å². The quantitative estimate of drug-likeness (QED) is 0.505. The standard InChI is InChI=1S/C21H29N3O4/c1-6-22-21(23-14-15-8-10-17(25-3)19(12-15)26-4)24-16-9-11-18(28-7-2)20(13-16)27-5/h8-13H,6-7,14H2,1-5H3,(H2,22,23,24). The molecular formula is C21H29N3O4. The van der Waals surface area contributed by atoms with Crippen molar-refractivity contribution in [3.63, 3.8) is 0 Å². The minimum Gasteiger partial charge on any atom is -0.493 e. The molecule has 152 valence electrons. The number of methoxy groups -OCH3 is 3. The number of nitrogens with zero attached hydrogens (tertiary/aromatic N) is 1. The summed E-state index contributed by atoms with van der Waals surface area (Å²) < 4.78 is 21.6. The summed E-state index contributed by atoms with van der Waals surface area (Å²) in [6.07, 6.45) is 0. The van der Waals surface area contributed by atoms with Crippen LogP contribution < -0.4 is 29.6 Å². The van der Waals surface area contributed by atoms with Crippen LogP contribution in [0.3, 0.4) is 0 Å². The molecule has 0 atom stereocenters. The average Bonchev–Trinajstić information content (AvgIpc) is 2.73. The number of ether oxygens (including phenoxy) is 4. The second-order valence-corrected chi connectivity index (χ2v) is 5.81. The van der Waals surface area contributed by atoms with Gasteiger partial charge >= 0.3 is 0 Å². The number of hydrogen-bond donors (Lipinski definition) is 2. The van der Waals surface area contributed by atoms with Crippen molar-refractivity contribution < 1.29 is 18.9 Å². The highest BCUT2D eigenvalue weighted by molar-refractivity contribution is 5.93. The molecule has 7 nitrogen and oxygen atoms in total. The van der Waals surface area contributed by atoms with Crippen LogP contribution in [0.15, 0.2) is 41.4 Å². The minimum absolute atomic E-state index is 0.490. The second-order valence-electron chi connectivity index (χ2n) is 5.81. The summed E-state index contributed by atoms with van der Waals surface area (Å²) in [6.45, 7) is 5.77. The summed E-state index contributed by atoms with van der Waals surface area (Å²) in [4.78, 5) is 4.65. The lowest BCUT2D eigenvalue weighted by Gasteiger charge is -2.14. The largest absolute Gasteiger partial charge is 0.493 e. The lowest BCUT2D eigenvalue weighted by molar-refractivity contribution is 0.311. The smallest absolute Gasteiger partial charge is 0.196 e. The van der Waals surface area contributed by atoms with Crippen molar-refractivity contribution >= 4 is 11.6 Å². The van der Waals surface area contributed by atoms with Gasteiger partial charge in [0.1, 0.15) is 0 Å². The molecule has 0 aliphatic rings. The van der Waals surface area contributed by atoms with Gasteiger partial charge in [0.15, 0.2) is 29.0 Å². The lowest BCUT2D eigenvalue weighted by atomic mass is 10.2. The predicted octanol–water partition coefficient (Wildman–Crippen LogP) is 3.69. The SMILES string of the molecule is CCNC(=NCc1ccc(OC)c(OC)c1)Nc1ccc(OCC)c(OC)c1. The Labute approximate surface area is 166 Å². The molecular weight excluding hydrogens is 358 g/mol. The molecule has 7 heteroatoms. The average molecular weight is 387 g/mol. The highest BCUT2D eigenvalue weighted by Crippen LogP contribution is 2.30. The van der Waals surface area contributed by atoms with Crippen LogP contribution in [0.25, 0.3) is 0 Å². The van der Waals surface area contributed by atoms with Crippen LogP contribution in [0.2, 0.25) is 0 Å². The molecule has 0 aliphatic carbocycles. The van der Waals surface area contributed by atoms with E-state index in [1.165, 1.54) is 0 Å². The third kappa shape index (κ3) is 5.70. The first-order chi connectivity index (χ1) is 13.6. The van der Waals surface area contributed by atoms with E-state index in [9.17, 15) is 0 Å². The van der Waals surface area contributed by atoms with Crippen LogP contribution in [0.5, 0.6) is 23.0 Å². The first kappa shape index (κ1) is 21.2. The maximum Gasteiger partial charge on any atom is 0.196 e. The van der Waals surface area contributed by atoms with Crippen LogP contribution in [-0.2, 0) is 6.54 Å². The van der Waals surface area contributed by atoms with Gasteiger partial charge in [-0.15, -0.1) is 0 Å². The molecule has 0 bridgehead atoms. The molecule has 2 aromatic rings. The predicted molar refractivity (Wildman–Crippen MR) is 112 cm³/mol. The number of guanidine groups is 1. The van der Waals surface area contributed by atoms with Gasteiger partial charge in [0, 0.05) is 18.3 Å². The van der Waals surface area contributed by atoms with E-state index >= 15 is 0 Å². The van der Waals surface area contributed by atoms with Crippen molar-refractivity contribution in [3.05, 3.63) is 42.0 Å². The zero-order valence-corrected chi connectivity index (χ0v) is 17.2. The number of nitrogens with one attached hydrogen (secondary N) is 2. The summed E-state index contributed by atoms with van der Waals surface area (Å²) in [7, 11) is 4.86. The Morgan fingerprint density at radius 3 is 2.18 bits per heavy atom. The molecule has 2 aromatic carbocycles. The van der Waals surface area contributed by atoms with Crippen LogP contribution in [-0.4, -0.2) is 40.4 Å². The molecule has 0 unspecified atom stereocenters. The van der Waals surface area contributed by atoms with Crippen molar-refractivity contribution in [2.75, 3.05) is 39.8 Å². The second kappa shape index (κ2) is 10.9. The fourth-order valence-electron chi connectivity index (χ4n) is 2.61. The Balaban J connectivity index is 2.16. The topological polar surface area (TPSA) is 73.3 Å². The number of hydrogen-bond acceptors (Lipinski definition) is 5. The number of benzene rings is 2. The zero-order chi connectivity index (χ0) is 20.4. The highest BCUT2D eigenvalue weighted by Gasteiger charge is 2.08. The zero-order valence-electron chi connectivity index (χ0n) is 17.2.